The number of nitrogens with one attached hydrogen (secondary N) is 2. The molecule has 0 saturated carbocycles. The number of anilines is 1. The summed E-state index contributed by atoms with van der Waals surface area (Å²) in [6, 6.07) is 5.40. The lowest BCUT2D eigenvalue weighted by Crippen LogP contribution is -2.18. The van der Waals surface area contributed by atoms with Crippen molar-refractivity contribution in [3.05, 3.63) is 67.3 Å². The summed E-state index contributed by atoms with van der Waals surface area (Å²) in [4.78, 5) is 31.7. The van der Waals surface area contributed by atoms with E-state index in [0.717, 1.165) is 22.5 Å². The maximum atomic E-state index is 12.4. The van der Waals surface area contributed by atoms with Crippen LogP contribution < -0.4 is 10.9 Å². The number of carbonyl (C=O) groups excluding carboxylic acids is 1. The SMILES string of the molecule is Cc1ccc(Cl)cc1NC(=O)CCc1c(C)nn(-c2nc(C)c(C)c(=O)[nH]2)c1C. The van der Waals surface area contributed by atoms with Crippen LogP contribution in [-0.2, 0) is 11.2 Å². The number of hydrogen-bond donors (Lipinski definition) is 2. The second-order valence-electron chi connectivity index (χ2n) is 7.17. The van der Waals surface area contributed by atoms with Crippen molar-refractivity contribution in [2.75, 3.05) is 5.32 Å². The van der Waals surface area contributed by atoms with E-state index in [1.165, 1.54) is 0 Å². The number of nitrogens with zero attached hydrogens (tertiary/aromatic N) is 3. The number of rotatable bonds is 5. The van der Waals surface area contributed by atoms with Crippen molar-refractivity contribution >= 4 is 23.2 Å². The standard InChI is InChI=1S/C21H24ClN5O2/c1-11-6-7-16(22)10-18(11)24-19(28)9-8-17-14(4)26-27(15(17)5)21-23-13(3)12(2)20(29)25-21/h6-7,10H,8-9H2,1-5H3,(H,24,28)(H,23,25,29). The lowest BCUT2D eigenvalue weighted by Gasteiger charge is -2.09. The largest absolute Gasteiger partial charge is 0.326 e. The fraction of sp³-hybridized carbons (Fsp3) is 0.333. The predicted molar refractivity (Wildman–Crippen MR) is 114 cm³/mol. The number of benzene rings is 1. The summed E-state index contributed by atoms with van der Waals surface area (Å²) in [5, 5.41) is 8.00. The molecule has 1 amide bonds. The molecule has 0 atom stereocenters. The molecule has 0 bridgehead atoms. The van der Waals surface area contributed by atoms with Crippen molar-refractivity contribution in [3.63, 3.8) is 0 Å². The Labute approximate surface area is 174 Å². The number of aromatic amines is 1. The molecular formula is C21H24ClN5O2. The van der Waals surface area contributed by atoms with Crippen molar-refractivity contribution in [1.82, 2.24) is 19.7 Å². The Morgan fingerprint density at radius 1 is 1.17 bits per heavy atom. The molecule has 7 nitrogen and oxygen atoms in total. The highest BCUT2D eigenvalue weighted by atomic mass is 35.5. The fourth-order valence-corrected chi connectivity index (χ4v) is 3.33. The third-order valence-electron chi connectivity index (χ3n) is 5.10. The average Bonchev–Trinajstić information content (AvgIpc) is 2.94. The minimum atomic E-state index is -0.183. The van der Waals surface area contributed by atoms with Gasteiger partial charge < -0.3 is 5.32 Å². The first-order chi connectivity index (χ1) is 13.7. The number of carbonyl (C=O) groups is 1. The van der Waals surface area contributed by atoms with E-state index in [0.29, 0.717) is 40.8 Å². The summed E-state index contributed by atoms with van der Waals surface area (Å²) in [6.45, 7) is 9.24. The highest BCUT2D eigenvalue weighted by molar-refractivity contribution is 6.31. The Hall–Kier alpha value is -2.93. The molecule has 3 rings (SSSR count). The second-order valence-corrected chi connectivity index (χ2v) is 7.60. The first-order valence-corrected chi connectivity index (χ1v) is 9.74. The van der Waals surface area contributed by atoms with Crippen molar-refractivity contribution in [2.45, 2.75) is 47.5 Å². The molecule has 152 valence electrons. The molecule has 3 aromatic rings. The monoisotopic (exact) mass is 413 g/mol. The van der Waals surface area contributed by atoms with E-state index in [-0.39, 0.29) is 11.5 Å². The van der Waals surface area contributed by atoms with Gasteiger partial charge in [0, 0.05) is 34.1 Å². The van der Waals surface area contributed by atoms with Gasteiger partial charge in [0.05, 0.1) is 5.69 Å². The van der Waals surface area contributed by atoms with Crippen molar-refractivity contribution in [1.29, 1.82) is 0 Å². The number of halogens is 1. The quantitative estimate of drug-likeness (QED) is 0.666. The molecular weight excluding hydrogens is 390 g/mol. The molecule has 0 aliphatic carbocycles. The van der Waals surface area contributed by atoms with Gasteiger partial charge in [0.1, 0.15) is 0 Å². The molecule has 29 heavy (non-hydrogen) atoms. The van der Waals surface area contributed by atoms with Crippen LogP contribution in [0.2, 0.25) is 5.02 Å². The van der Waals surface area contributed by atoms with Gasteiger partial charge in [-0.05, 0) is 64.3 Å². The van der Waals surface area contributed by atoms with Gasteiger partial charge in [-0.2, -0.15) is 5.10 Å². The molecule has 0 fully saturated rings. The van der Waals surface area contributed by atoms with E-state index in [1.54, 1.807) is 30.7 Å². The number of H-pyrrole nitrogens is 1. The first kappa shape index (κ1) is 20.8. The maximum absolute atomic E-state index is 12.4. The lowest BCUT2D eigenvalue weighted by atomic mass is 10.1. The molecule has 0 saturated heterocycles. The van der Waals surface area contributed by atoms with E-state index in [4.69, 9.17) is 11.6 Å². The number of aryl methyl sites for hydroxylation is 3. The minimum Gasteiger partial charge on any atom is -0.326 e. The zero-order chi connectivity index (χ0) is 21.3. The van der Waals surface area contributed by atoms with Crippen molar-refractivity contribution < 1.29 is 4.79 Å². The normalized spacial score (nSPS) is 11.0. The zero-order valence-electron chi connectivity index (χ0n) is 17.2. The Morgan fingerprint density at radius 2 is 1.90 bits per heavy atom. The third kappa shape index (κ3) is 4.40. The van der Waals surface area contributed by atoms with Gasteiger partial charge in [0.15, 0.2) is 0 Å². The van der Waals surface area contributed by atoms with Crippen LogP contribution in [0, 0.1) is 34.6 Å². The van der Waals surface area contributed by atoms with E-state index in [2.05, 4.69) is 20.4 Å². The van der Waals surface area contributed by atoms with Crippen LogP contribution in [0.15, 0.2) is 23.0 Å². The van der Waals surface area contributed by atoms with E-state index in [9.17, 15) is 9.59 Å². The van der Waals surface area contributed by atoms with Crippen LogP contribution in [0.5, 0.6) is 0 Å². The summed E-state index contributed by atoms with van der Waals surface area (Å²) in [5.41, 5.74) is 5.34. The summed E-state index contributed by atoms with van der Waals surface area (Å²) < 4.78 is 1.62. The molecule has 1 aromatic carbocycles. The molecule has 0 spiro atoms. The molecule has 0 aliphatic heterocycles. The highest BCUT2D eigenvalue weighted by Gasteiger charge is 2.17. The zero-order valence-corrected chi connectivity index (χ0v) is 17.9. The van der Waals surface area contributed by atoms with Gasteiger partial charge >= 0.3 is 0 Å². The van der Waals surface area contributed by atoms with Crippen LogP contribution in [0.1, 0.15) is 40.2 Å². The summed E-state index contributed by atoms with van der Waals surface area (Å²) in [5.74, 6) is 0.281. The van der Waals surface area contributed by atoms with Crippen LogP contribution in [0.25, 0.3) is 5.95 Å². The van der Waals surface area contributed by atoms with Crippen LogP contribution >= 0.6 is 11.6 Å². The maximum Gasteiger partial charge on any atom is 0.255 e. The lowest BCUT2D eigenvalue weighted by molar-refractivity contribution is -0.116. The van der Waals surface area contributed by atoms with Crippen LogP contribution in [-0.4, -0.2) is 25.7 Å². The average molecular weight is 414 g/mol. The van der Waals surface area contributed by atoms with Crippen molar-refractivity contribution in [2.24, 2.45) is 0 Å². The van der Waals surface area contributed by atoms with E-state index in [1.807, 2.05) is 26.8 Å². The van der Waals surface area contributed by atoms with Gasteiger partial charge in [0.25, 0.3) is 5.56 Å². The van der Waals surface area contributed by atoms with Gasteiger partial charge in [-0.15, -0.1) is 0 Å². The summed E-state index contributed by atoms with van der Waals surface area (Å²) in [6.07, 6.45) is 0.828. The van der Waals surface area contributed by atoms with Gasteiger partial charge in [-0.3, -0.25) is 14.6 Å². The predicted octanol–water partition coefficient (Wildman–Crippen LogP) is 3.72. The first-order valence-electron chi connectivity index (χ1n) is 9.36. The molecule has 0 aliphatic rings. The molecule has 0 unspecified atom stereocenters. The van der Waals surface area contributed by atoms with Gasteiger partial charge in [-0.25, -0.2) is 9.67 Å². The second kappa shape index (κ2) is 8.21. The minimum absolute atomic E-state index is 0.0976. The Bertz CT molecular complexity index is 1150. The van der Waals surface area contributed by atoms with Gasteiger partial charge in [0.2, 0.25) is 11.9 Å². The molecule has 0 radical (unpaired) electrons. The number of hydrogen-bond acceptors (Lipinski definition) is 4. The number of amides is 1. The third-order valence-corrected chi connectivity index (χ3v) is 5.33. The molecule has 2 N–H and O–H groups in total. The van der Waals surface area contributed by atoms with Crippen LogP contribution in [0.4, 0.5) is 5.69 Å². The molecule has 8 heteroatoms. The Kier molecular flexibility index (Phi) is 5.88. The highest BCUT2D eigenvalue weighted by Crippen LogP contribution is 2.21. The fourth-order valence-electron chi connectivity index (χ4n) is 3.15. The van der Waals surface area contributed by atoms with Crippen molar-refractivity contribution in [3.8, 4) is 5.95 Å². The number of aromatic nitrogens is 4. The summed E-state index contributed by atoms with van der Waals surface area (Å²) >= 11 is 6.01. The molecule has 2 heterocycles. The Balaban J connectivity index is 1.78. The van der Waals surface area contributed by atoms with E-state index < -0.39 is 0 Å². The molecule has 2 aromatic heterocycles. The summed E-state index contributed by atoms with van der Waals surface area (Å²) in [7, 11) is 0. The topological polar surface area (TPSA) is 92.7 Å². The smallest absolute Gasteiger partial charge is 0.255 e. The Morgan fingerprint density at radius 3 is 2.59 bits per heavy atom. The van der Waals surface area contributed by atoms with Gasteiger partial charge in [-0.1, -0.05) is 17.7 Å². The van der Waals surface area contributed by atoms with Crippen LogP contribution in [0.3, 0.4) is 0 Å². The van der Waals surface area contributed by atoms with E-state index >= 15 is 0 Å².